The van der Waals surface area contributed by atoms with E-state index in [0.717, 1.165) is 11.6 Å². The van der Waals surface area contributed by atoms with Crippen LogP contribution in [0.3, 0.4) is 0 Å². The third kappa shape index (κ3) is 4.29. The molecule has 0 spiro atoms. The van der Waals surface area contributed by atoms with Crippen molar-refractivity contribution in [2.75, 3.05) is 40.4 Å². The van der Waals surface area contributed by atoms with Crippen LogP contribution in [0.5, 0.6) is 11.5 Å². The molecule has 0 unspecified atom stereocenters. The number of rotatable bonds is 4. The van der Waals surface area contributed by atoms with Gasteiger partial charge in [-0.2, -0.15) is 0 Å². The molecule has 6 nitrogen and oxygen atoms in total. The van der Waals surface area contributed by atoms with Gasteiger partial charge in [0.25, 0.3) is 11.8 Å². The number of hydrogen-bond acceptors (Lipinski definition) is 4. The number of halogens is 2. The molecule has 0 N–H and O–H groups in total. The van der Waals surface area contributed by atoms with Crippen LogP contribution < -0.4 is 9.47 Å². The topological polar surface area (TPSA) is 59.1 Å². The highest BCUT2D eigenvalue weighted by Crippen LogP contribution is 2.30. The van der Waals surface area contributed by atoms with E-state index in [9.17, 15) is 14.0 Å². The number of carbonyl (C=O) groups excluding carboxylic acids is 2. The number of carbonyl (C=O) groups is 2. The van der Waals surface area contributed by atoms with Gasteiger partial charge in [-0.15, -0.1) is 0 Å². The minimum Gasteiger partial charge on any atom is -0.496 e. The summed E-state index contributed by atoms with van der Waals surface area (Å²) < 4.78 is 23.9. The molecule has 2 aromatic rings. The average molecular weight is 421 g/mol. The lowest BCUT2D eigenvalue weighted by molar-refractivity contribution is 0.0535. The summed E-state index contributed by atoms with van der Waals surface area (Å²) in [6.07, 6.45) is 0. The first-order chi connectivity index (χ1) is 13.8. The summed E-state index contributed by atoms with van der Waals surface area (Å²) in [7, 11) is 3.09. The van der Waals surface area contributed by atoms with E-state index in [2.05, 4.69) is 0 Å². The number of hydrogen-bond donors (Lipinski definition) is 0. The van der Waals surface area contributed by atoms with Gasteiger partial charge in [-0.1, -0.05) is 11.6 Å². The summed E-state index contributed by atoms with van der Waals surface area (Å²) in [4.78, 5) is 28.9. The van der Waals surface area contributed by atoms with Gasteiger partial charge < -0.3 is 19.3 Å². The van der Waals surface area contributed by atoms with Crippen molar-refractivity contribution < 1.29 is 23.5 Å². The highest BCUT2D eigenvalue weighted by molar-refractivity contribution is 6.33. The van der Waals surface area contributed by atoms with Crippen molar-refractivity contribution in [1.82, 2.24) is 9.80 Å². The molecule has 1 heterocycles. The summed E-state index contributed by atoms with van der Waals surface area (Å²) in [6.45, 7) is 3.33. The maximum absolute atomic E-state index is 13.2. The van der Waals surface area contributed by atoms with Crippen molar-refractivity contribution in [2.24, 2.45) is 0 Å². The van der Waals surface area contributed by atoms with Crippen LogP contribution in [-0.2, 0) is 0 Å². The van der Waals surface area contributed by atoms with Gasteiger partial charge in [-0.25, -0.2) is 4.39 Å². The van der Waals surface area contributed by atoms with E-state index in [-0.39, 0.29) is 22.4 Å². The first-order valence-corrected chi connectivity index (χ1v) is 9.49. The zero-order chi connectivity index (χ0) is 21.1. The molecule has 2 amide bonds. The number of nitrogens with zero attached hydrogens (tertiary/aromatic N) is 2. The molecule has 154 valence electrons. The molecule has 1 saturated heterocycles. The maximum atomic E-state index is 13.2. The van der Waals surface area contributed by atoms with Crippen LogP contribution in [0.2, 0.25) is 5.02 Å². The molecule has 0 aromatic heterocycles. The molecular weight excluding hydrogens is 399 g/mol. The van der Waals surface area contributed by atoms with Crippen molar-refractivity contribution in [1.29, 1.82) is 0 Å². The zero-order valence-electron chi connectivity index (χ0n) is 16.5. The predicted octanol–water partition coefficient (Wildman–Crippen LogP) is 3.40. The third-order valence-electron chi connectivity index (χ3n) is 5.01. The third-order valence-corrected chi connectivity index (χ3v) is 5.33. The van der Waals surface area contributed by atoms with Gasteiger partial charge in [0.2, 0.25) is 0 Å². The Bertz CT molecular complexity index is 917. The van der Waals surface area contributed by atoms with Crippen LogP contribution in [0.4, 0.5) is 4.39 Å². The fraction of sp³-hybridized carbons (Fsp3) is 0.333. The molecule has 8 heteroatoms. The highest BCUT2D eigenvalue weighted by atomic mass is 35.5. The van der Waals surface area contributed by atoms with E-state index >= 15 is 0 Å². The molecule has 1 fully saturated rings. The molecule has 0 aliphatic carbocycles. The van der Waals surface area contributed by atoms with E-state index in [1.54, 1.807) is 36.2 Å². The molecule has 2 aromatic carbocycles. The van der Waals surface area contributed by atoms with Crippen LogP contribution in [0, 0.1) is 12.7 Å². The van der Waals surface area contributed by atoms with Crippen LogP contribution in [0.15, 0.2) is 30.3 Å². The van der Waals surface area contributed by atoms with Crippen LogP contribution >= 0.6 is 11.6 Å². The Morgan fingerprint density at radius 2 is 1.45 bits per heavy atom. The normalized spacial score (nSPS) is 14.0. The number of methoxy groups -OCH3 is 2. The summed E-state index contributed by atoms with van der Waals surface area (Å²) in [5.41, 5.74) is 1.53. The quantitative estimate of drug-likeness (QED) is 0.760. The molecule has 1 aliphatic heterocycles. The Kier molecular flexibility index (Phi) is 6.27. The smallest absolute Gasteiger partial charge is 0.255 e. The number of piperazine rings is 1. The van der Waals surface area contributed by atoms with Gasteiger partial charge in [0.1, 0.15) is 17.3 Å². The molecule has 0 radical (unpaired) electrons. The minimum absolute atomic E-state index is 0.0763. The molecule has 3 rings (SSSR count). The van der Waals surface area contributed by atoms with Gasteiger partial charge in [0.05, 0.1) is 24.8 Å². The fourth-order valence-electron chi connectivity index (χ4n) is 3.34. The second-order valence-corrected chi connectivity index (χ2v) is 7.12. The van der Waals surface area contributed by atoms with Crippen molar-refractivity contribution in [2.45, 2.75) is 6.92 Å². The van der Waals surface area contributed by atoms with Gasteiger partial charge in [0, 0.05) is 37.3 Å². The van der Waals surface area contributed by atoms with Crippen molar-refractivity contribution in [3.05, 3.63) is 57.9 Å². The molecule has 0 bridgehead atoms. The highest BCUT2D eigenvalue weighted by Gasteiger charge is 2.27. The Morgan fingerprint density at radius 1 is 0.931 bits per heavy atom. The fourth-order valence-corrected chi connectivity index (χ4v) is 3.59. The molecule has 0 saturated carbocycles. The van der Waals surface area contributed by atoms with E-state index in [1.807, 2.05) is 6.92 Å². The van der Waals surface area contributed by atoms with Crippen LogP contribution in [0.1, 0.15) is 26.3 Å². The lowest BCUT2D eigenvalue weighted by Crippen LogP contribution is -2.50. The Labute approximate surface area is 173 Å². The zero-order valence-corrected chi connectivity index (χ0v) is 17.3. The number of ether oxygens (including phenoxy) is 2. The average Bonchev–Trinajstić information content (AvgIpc) is 2.73. The van der Waals surface area contributed by atoms with Gasteiger partial charge in [-0.3, -0.25) is 9.59 Å². The lowest BCUT2D eigenvalue weighted by atomic mass is 10.1. The van der Waals surface area contributed by atoms with Crippen molar-refractivity contribution >= 4 is 23.4 Å². The Morgan fingerprint density at radius 3 is 1.93 bits per heavy atom. The molecule has 0 atom stereocenters. The standard InChI is InChI=1S/C21H22ClFN2O4/c1-13-18(28-2)10-14(11-19(13)29-3)20(26)24-6-8-25(9-7-24)21(27)16-5-4-15(23)12-17(16)22/h4-5,10-12H,6-9H2,1-3H3. The lowest BCUT2D eigenvalue weighted by Gasteiger charge is -2.35. The molecule has 1 aliphatic rings. The van der Waals surface area contributed by atoms with E-state index < -0.39 is 5.82 Å². The minimum atomic E-state index is -0.495. The second-order valence-electron chi connectivity index (χ2n) is 6.71. The van der Waals surface area contributed by atoms with E-state index in [0.29, 0.717) is 43.2 Å². The summed E-state index contributed by atoms with van der Waals surface area (Å²) in [5.74, 6) is 0.222. The SMILES string of the molecule is COc1cc(C(=O)N2CCN(C(=O)c3ccc(F)cc3Cl)CC2)cc(OC)c1C. The largest absolute Gasteiger partial charge is 0.496 e. The summed E-state index contributed by atoms with van der Waals surface area (Å²) in [6, 6.07) is 7.08. The summed E-state index contributed by atoms with van der Waals surface area (Å²) >= 11 is 6.00. The molecule has 29 heavy (non-hydrogen) atoms. The van der Waals surface area contributed by atoms with Crippen LogP contribution in [-0.4, -0.2) is 62.0 Å². The van der Waals surface area contributed by atoms with Gasteiger partial charge in [-0.05, 0) is 37.3 Å². The van der Waals surface area contributed by atoms with E-state index in [1.165, 1.54) is 12.1 Å². The van der Waals surface area contributed by atoms with E-state index in [4.69, 9.17) is 21.1 Å². The maximum Gasteiger partial charge on any atom is 0.255 e. The number of amides is 2. The van der Waals surface area contributed by atoms with Crippen molar-refractivity contribution in [3.63, 3.8) is 0 Å². The van der Waals surface area contributed by atoms with Gasteiger partial charge in [0.15, 0.2) is 0 Å². The monoisotopic (exact) mass is 420 g/mol. The predicted molar refractivity (Wildman–Crippen MR) is 108 cm³/mol. The van der Waals surface area contributed by atoms with Crippen molar-refractivity contribution in [3.8, 4) is 11.5 Å². The first-order valence-electron chi connectivity index (χ1n) is 9.12. The Balaban J connectivity index is 1.70. The van der Waals surface area contributed by atoms with Crippen LogP contribution in [0.25, 0.3) is 0 Å². The molecular formula is C21H22ClFN2O4. The number of benzene rings is 2. The summed E-state index contributed by atoms with van der Waals surface area (Å²) in [5, 5.41) is 0.0763. The van der Waals surface area contributed by atoms with Gasteiger partial charge >= 0.3 is 0 Å². The Hall–Kier alpha value is -2.80. The second kappa shape index (κ2) is 8.69. The first kappa shape index (κ1) is 20.9.